The molecule has 4 aromatic carbocycles. The molecular formula is C37H30N2+2. The second-order valence-electron chi connectivity index (χ2n) is 11.0. The fourth-order valence-corrected chi connectivity index (χ4v) is 7.22. The summed E-state index contributed by atoms with van der Waals surface area (Å²) < 4.78 is 4.90. The number of hydrogen-bond donors (Lipinski definition) is 0. The molecule has 0 fully saturated rings. The molecule has 0 aliphatic carbocycles. The molecule has 2 unspecified atom stereocenters. The Bertz CT molecular complexity index is 1930. The van der Waals surface area contributed by atoms with Gasteiger partial charge in [-0.05, 0) is 64.9 Å². The zero-order chi connectivity index (χ0) is 25.9. The molecule has 2 nitrogen and oxygen atoms in total. The number of pyridine rings is 2. The van der Waals surface area contributed by atoms with Gasteiger partial charge < -0.3 is 0 Å². The molecule has 2 aromatic heterocycles. The molecule has 0 saturated carbocycles. The summed E-state index contributed by atoms with van der Waals surface area (Å²) >= 11 is 0. The van der Waals surface area contributed by atoms with E-state index in [1.807, 2.05) is 0 Å². The number of rotatable bonds is 0. The number of fused-ring (bicyclic) bond motifs is 13. The summed E-state index contributed by atoms with van der Waals surface area (Å²) in [7, 11) is 0. The van der Waals surface area contributed by atoms with Crippen molar-refractivity contribution in [3.05, 3.63) is 139 Å². The van der Waals surface area contributed by atoms with Crippen LogP contribution in [0.25, 0.3) is 49.8 Å². The van der Waals surface area contributed by atoms with Gasteiger partial charge in [-0.25, -0.2) is 0 Å². The molecule has 6 aromatic rings. The largest absolute Gasteiger partial charge is 0.220 e. The van der Waals surface area contributed by atoms with Crippen molar-refractivity contribution in [1.29, 1.82) is 0 Å². The molecule has 0 bridgehead atoms. The third-order valence-electron chi connectivity index (χ3n) is 8.97. The maximum atomic E-state index is 4.71. The second-order valence-corrected chi connectivity index (χ2v) is 11.0. The van der Waals surface area contributed by atoms with Crippen LogP contribution in [0, 0.1) is 0 Å². The van der Waals surface area contributed by atoms with Crippen molar-refractivity contribution < 1.29 is 9.13 Å². The molecule has 186 valence electrons. The lowest BCUT2D eigenvalue weighted by Crippen LogP contribution is -2.49. The van der Waals surface area contributed by atoms with Crippen LogP contribution in [-0.2, 0) is 6.42 Å². The third-order valence-corrected chi connectivity index (χ3v) is 8.97. The van der Waals surface area contributed by atoms with E-state index in [1.54, 1.807) is 0 Å². The fourth-order valence-electron chi connectivity index (χ4n) is 7.22. The lowest BCUT2D eigenvalue weighted by molar-refractivity contribution is -0.719. The highest BCUT2D eigenvalue weighted by atomic mass is 15.0. The first-order valence-electron chi connectivity index (χ1n) is 14.0. The Hall–Kier alpha value is -4.56. The van der Waals surface area contributed by atoms with E-state index in [0.29, 0.717) is 5.92 Å². The van der Waals surface area contributed by atoms with Gasteiger partial charge in [0.2, 0.25) is 11.4 Å². The molecule has 0 radical (unpaired) electrons. The minimum atomic E-state index is 0.287. The Balaban J connectivity index is 1.38. The van der Waals surface area contributed by atoms with Crippen LogP contribution in [-0.4, -0.2) is 0 Å². The quantitative estimate of drug-likeness (QED) is 0.186. The topological polar surface area (TPSA) is 7.76 Å². The Morgan fingerprint density at radius 3 is 2.31 bits per heavy atom. The van der Waals surface area contributed by atoms with Gasteiger partial charge >= 0.3 is 0 Å². The Kier molecular flexibility index (Phi) is 5.03. The first-order valence-corrected chi connectivity index (χ1v) is 14.0. The first-order chi connectivity index (χ1) is 19.3. The molecule has 8 rings (SSSR count). The highest BCUT2D eigenvalue weighted by Gasteiger charge is 2.43. The molecule has 0 amide bonds. The minimum Gasteiger partial charge on any atom is -0.194 e. The summed E-state index contributed by atoms with van der Waals surface area (Å²) in [5.74, 6) is 0.391. The van der Waals surface area contributed by atoms with E-state index in [2.05, 4.69) is 131 Å². The SMILES string of the molecule is C=C1CC2C(CCc3ccc4ccccc4c3-c3cccc[n+]31)c1ccccc1-c1c3ccccc3cc[n+]12. The van der Waals surface area contributed by atoms with Crippen LogP contribution in [0.2, 0.25) is 0 Å². The molecule has 0 saturated heterocycles. The van der Waals surface area contributed by atoms with Crippen LogP contribution in [0.1, 0.15) is 35.9 Å². The van der Waals surface area contributed by atoms with E-state index in [4.69, 9.17) is 6.58 Å². The maximum absolute atomic E-state index is 4.71. The summed E-state index contributed by atoms with van der Waals surface area (Å²) in [6, 6.07) is 40.5. The van der Waals surface area contributed by atoms with Gasteiger partial charge in [-0.1, -0.05) is 72.8 Å². The van der Waals surface area contributed by atoms with E-state index in [9.17, 15) is 0 Å². The van der Waals surface area contributed by atoms with E-state index in [1.165, 1.54) is 55.2 Å². The Labute approximate surface area is 229 Å². The lowest BCUT2D eigenvalue weighted by atomic mass is 9.76. The molecule has 2 atom stereocenters. The molecule has 0 spiro atoms. The highest BCUT2D eigenvalue weighted by molar-refractivity contribution is 5.97. The summed E-state index contributed by atoms with van der Waals surface area (Å²) in [6.07, 6.45) is 7.52. The van der Waals surface area contributed by atoms with Crippen molar-refractivity contribution in [3.63, 3.8) is 0 Å². The molecule has 2 heteroatoms. The Morgan fingerprint density at radius 1 is 0.667 bits per heavy atom. The van der Waals surface area contributed by atoms with Crippen LogP contribution in [0.4, 0.5) is 0 Å². The molecule has 0 N–H and O–H groups in total. The van der Waals surface area contributed by atoms with Gasteiger partial charge in [0.15, 0.2) is 24.1 Å². The number of aryl methyl sites for hydroxylation is 1. The molecular weight excluding hydrogens is 472 g/mol. The number of benzene rings is 4. The summed E-state index contributed by atoms with van der Waals surface area (Å²) in [6.45, 7) is 4.71. The number of allylic oxidation sites excluding steroid dienone is 1. The number of aromatic nitrogens is 2. The number of hydrogen-bond acceptors (Lipinski definition) is 0. The molecule has 2 aliphatic heterocycles. The van der Waals surface area contributed by atoms with E-state index < -0.39 is 0 Å². The van der Waals surface area contributed by atoms with Gasteiger partial charge in [0.25, 0.3) is 0 Å². The van der Waals surface area contributed by atoms with Crippen molar-refractivity contribution >= 4 is 27.2 Å². The van der Waals surface area contributed by atoms with Crippen molar-refractivity contribution in [2.75, 3.05) is 0 Å². The average Bonchev–Trinajstić information content (AvgIpc) is 3.00. The molecule has 39 heavy (non-hydrogen) atoms. The maximum Gasteiger partial charge on any atom is 0.220 e. The van der Waals surface area contributed by atoms with Crippen LogP contribution in [0.15, 0.2) is 128 Å². The smallest absolute Gasteiger partial charge is 0.194 e. The van der Waals surface area contributed by atoms with Gasteiger partial charge in [0.1, 0.15) is 0 Å². The first kappa shape index (κ1) is 22.4. The predicted molar refractivity (Wildman–Crippen MR) is 159 cm³/mol. The third kappa shape index (κ3) is 3.41. The monoisotopic (exact) mass is 502 g/mol. The highest BCUT2D eigenvalue weighted by Crippen LogP contribution is 2.46. The van der Waals surface area contributed by atoms with E-state index in [-0.39, 0.29) is 6.04 Å². The van der Waals surface area contributed by atoms with Crippen molar-refractivity contribution in [2.45, 2.75) is 31.2 Å². The van der Waals surface area contributed by atoms with Crippen molar-refractivity contribution in [1.82, 2.24) is 0 Å². The van der Waals surface area contributed by atoms with Gasteiger partial charge in [0, 0.05) is 24.1 Å². The minimum absolute atomic E-state index is 0.287. The van der Waals surface area contributed by atoms with E-state index in [0.717, 1.165) is 25.0 Å². The predicted octanol–water partition coefficient (Wildman–Crippen LogP) is 8.05. The van der Waals surface area contributed by atoms with Crippen molar-refractivity contribution in [3.8, 4) is 22.5 Å². The van der Waals surface area contributed by atoms with Crippen LogP contribution < -0.4 is 9.13 Å². The number of nitrogens with zero attached hydrogens (tertiary/aromatic N) is 2. The van der Waals surface area contributed by atoms with Crippen LogP contribution in [0.3, 0.4) is 0 Å². The average molecular weight is 503 g/mol. The fraction of sp³-hybridized carbons (Fsp3) is 0.135. The van der Waals surface area contributed by atoms with Crippen LogP contribution >= 0.6 is 0 Å². The lowest BCUT2D eigenvalue weighted by Gasteiger charge is -2.31. The van der Waals surface area contributed by atoms with Crippen molar-refractivity contribution in [2.24, 2.45) is 0 Å². The zero-order valence-electron chi connectivity index (χ0n) is 21.9. The zero-order valence-corrected chi connectivity index (χ0v) is 21.9. The summed E-state index contributed by atoms with van der Waals surface area (Å²) in [4.78, 5) is 0. The van der Waals surface area contributed by atoms with Gasteiger partial charge in [0.05, 0.1) is 22.9 Å². The van der Waals surface area contributed by atoms with Crippen LogP contribution in [0.5, 0.6) is 0 Å². The second kappa shape index (κ2) is 8.74. The Morgan fingerprint density at radius 2 is 1.41 bits per heavy atom. The van der Waals surface area contributed by atoms with Gasteiger partial charge in [-0.3, -0.25) is 0 Å². The molecule has 2 aliphatic rings. The van der Waals surface area contributed by atoms with Gasteiger partial charge in [-0.15, -0.1) is 0 Å². The summed E-state index contributed by atoms with van der Waals surface area (Å²) in [5, 5.41) is 5.20. The molecule has 4 heterocycles. The van der Waals surface area contributed by atoms with E-state index >= 15 is 0 Å². The standard InChI is InChI=1S/C37H30N2/c1-25-24-35-32(31-14-6-7-15-33(31)37-30-13-5-3-11-27(30)21-23-39(35)37)20-19-28-18-17-26-10-2-4-12-29(26)36(28)34-16-8-9-22-38(25)34/h2-18,21-23,32,35H,1,19-20,24H2/q+2. The van der Waals surface area contributed by atoms with Gasteiger partial charge in [-0.2, -0.15) is 9.13 Å². The summed E-state index contributed by atoms with van der Waals surface area (Å²) in [5.41, 5.74) is 9.28. The normalized spacial score (nSPS) is 18.0.